The van der Waals surface area contributed by atoms with Crippen LogP contribution in [0.3, 0.4) is 0 Å². The summed E-state index contributed by atoms with van der Waals surface area (Å²) in [5.41, 5.74) is 5.36. The molecule has 1 rings (SSSR count). The fraction of sp³-hybridized carbons (Fsp3) is 0.722. The van der Waals surface area contributed by atoms with Crippen molar-refractivity contribution in [2.24, 2.45) is 11.7 Å². The maximum atomic E-state index is 11.5. The maximum Gasteiger partial charge on any atom is 0.407 e. The van der Waals surface area contributed by atoms with Gasteiger partial charge in [0.1, 0.15) is 0 Å². The molecule has 0 saturated carbocycles. The van der Waals surface area contributed by atoms with E-state index in [4.69, 9.17) is 24.7 Å². The summed E-state index contributed by atoms with van der Waals surface area (Å²) in [6, 6.07) is 0. The van der Waals surface area contributed by atoms with Crippen LogP contribution in [0.15, 0.2) is 24.3 Å². The lowest BCUT2D eigenvalue weighted by molar-refractivity contribution is 0.0140. The van der Waals surface area contributed by atoms with Crippen LogP contribution in [0.25, 0.3) is 0 Å². The number of ether oxygens (including phenoxy) is 4. The Kier molecular flexibility index (Phi) is 13.9. The molecule has 0 aliphatic heterocycles. The second-order valence-corrected chi connectivity index (χ2v) is 5.67. The SMILES string of the molecule is NCCCOCCOCCOCCCNC(=O)OCC1C=CC=CC1. The zero-order valence-electron chi connectivity index (χ0n) is 15.0. The lowest BCUT2D eigenvalue weighted by atomic mass is 10.0. The van der Waals surface area contributed by atoms with Gasteiger partial charge in [-0.3, -0.25) is 0 Å². The number of hydrogen-bond donors (Lipinski definition) is 2. The normalized spacial score (nSPS) is 16.1. The summed E-state index contributed by atoms with van der Waals surface area (Å²) >= 11 is 0. The summed E-state index contributed by atoms with van der Waals surface area (Å²) in [5.74, 6) is 0.283. The molecule has 0 spiro atoms. The highest BCUT2D eigenvalue weighted by Gasteiger charge is 2.08. The summed E-state index contributed by atoms with van der Waals surface area (Å²) in [4.78, 5) is 11.5. The predicted molar refractivity (Wildman–Crippen MR) is 96.5 cm³/mol. The van der Waals surface area contributed by atoms with Gasteiger partial charge in [0.15, 0.2) is 0 Å². The Labute approximate surface area is 150 Å². The number of carbonyl (C=O) groups excluding carboxylic acids is 1. The third-order valence-electron chi connectivity index (χ3n) is 3.47. The molecule has 0 aromatic rings. The molecular formula is C18H32N2O5. The minimum atomic E-state index is -0.374. The van der Waals surface area contributed by atoms with Crippen LogP contribution in [-0.2, 0) is 18.9 Å². The van der Waals surface area contributed by atoms with Crippen LogP contribution < -0.4 is 11.1 Å². The largest absolute Gasteiger partial charge is 0.449 e. The molecule has 1 unspecified atom stereocenters. The monoisotopic (exact) mass is 356 g/mol. The number of carbonyl (C=O) groups is 1. The maximum absolute atomic E-state index is 11.5. The van der Waals surface area contributed by atoms with Crippen LogP contribution in [0.4, 0.5) is 4.79 Å². The molecule has 0 radical (unpaired) electrons. The van der Waals surface area contributed by atoms with Gasteiger partial charge in [0, 0.05) is 25.7 Å². The van der Waals surface area contributed by atoms with Crippen molar-refractivity contribution < 1.29 is 23.7 Å². The van der Waals surface area contributed by atoms with Gasteiger partial charge in [-0.15, -0.1) is 0 Å². The van der Waals surface area contributed by atoms with E-state index in [1.54, 1.807) is 0 Å². The fourth-order valence-electron chi connectivity index (χ4n) is 2.08. The van der Waals surface area contributed by atoms with Gasteiger partial charge in [0.05, 0.1) is 33.0 Å². The molecule has 1 amide bonds. The number of allylic oxidation sites excluding steroid dienone is 3. The van der Waals surface area contributed by atoms with Gasteiger partial charge in [-0.1, -0.05) is 24.3 Å². The van der Waals surface area contributed by atoms with Gasteiger partial charge in [0.25, 0.3) is 0 Å². The smallest absolute Gasteiger partial charge is 0.407 e. The zero-order chi connectivity index (χ0) is 18.0. The first-order valence-corrected chi connectivity index (χ1v) is 9.00. The van der Waals surface area contributed by atoms with E-state index >= 15 is 0 Å². The quantitative estimate of drug-likeness (QED) is 0.433. The van der Waals surface area contributed by atoms with Crippen LogP contribution in [0.2, 0.25) is 0 Å². The number of alkyl carbamates (subject to hydrolysis) is 1. The first-order chi connectivity index (χ1) is 12.3. The number of rotatable bonds is 15. The Balaban J connectivity index is 1.77. The number of nitrogens with two attached hydrogens (primary N) is 1. The molecule has 144 valence electrons. The average Bonchev–Trinajstić information content (AvgIpc) is 2.64. The van der Waals surface area contributed by atoms with Crippen molar-refractivity contribution in [3.63, 3.8) is 0 Å². The van der Waals surface area contributed by atoms with Crippen molar-refractivity contribution in [2.75, 3.05) is 59.3 Å². The van der Waals surface area contributed by atoms with E-state index < -0.39 is 0 Å². The summed E-state index contributed by atoms with van der Waals surface area (Å²) in [6.45, 7) is 5.08. The summed E-state index contributed by atoms with van der Waals surface area (Å²) in [7, 11) is 0. The minimum Gasteiger partial charge on any atom is -0.449 e. The van der Waals surface area contributed by atoms with Crippen molar-refractivity contribution in [3.8, 4) is 0 Å². The van der Waals surface area contributed by atoms with Crippen LogP contribution >= 0.6 is 0 Å². The first kappa shape index (κ1) is 21.6. The molecule has 1 atom stereocenters. The molecule has 1 aliphatic rings. The lowest BCUT2D eigenvalue weighted by Gasteiger charge is -2.13. The summed E-state index contributed by atoms with van der Waals surface area (Å²) < 4.78 is 21.3. The van der Waals surface area contributed by atoms with E-state index in [-0.39, 0.29) is 12.0 Å². The molecule has 1 aliphatic carbocycles. The van der Waals surface area contributed by atoms with E-state index in [1.807, 2.05) is 12.2 Å². The predicted octanol–water partition coefficient (Wildman–Crippen LogP) is 1.63. The second kappa shape index (κ2) is 16.1. The third kappa shape index (κ3) is 13.5. The van der Waals surface area contributed by atoms with Crippen molar-refractivity contribution >= 4 is 6.09 Å². The van der Waals surface area contributed by atoms with Crippen molar-refractivity contribution in [1.82, 2.24) is 5.32 Å². The summed E-state index contributed by atoms with van der Waals surface area (Å²) in [6.07, 6.45) is 10.3. The van der Waals surface area contributed by atoms with Crippen molar-refractivity contribution in [1.29, 1.82) is 0 Å². The highest BCUT2D eigenvalue weighted by Crippen LogP contribution is 2.11. The zero-order valence-corrected chi connectivity index (χ0v) is 15.0. The molecule has 25 heavy (non-hydrogen) atoms. The van der Waals surface area contributed by atoms with Crippen LogP contribution in [0, 0.1) is 5.92 Å². The van der Waals surface area contributed by atoms with E-state index in [2.05, 4.69) is 17.5 Å². The molecular weight excluding hydrogens is 324 g/mol. The molecule has 0 aromatic carbocycles. The number of nitrogens with one attached hydrogen (secondary N) is 1. The topological polar surface area (TPSA) is 92.0 Å². The van der Waals surface area contributed by atoms with Gasteiger partial charge >= 0.3 is 6.09 Å². The van der Waals surface area contributed by atoms with E-state index in [9.17, 15) is 4.79 Å². The van der Waals surface area contributed by atoms with Gasteiger partial charge in [-0.25, -0.2) is 4.79 Å². The summed E-state index contributed by atoms with van der Waals surface area (Å²) in [5, 5.41) is 2.72. The van der Waals surface area contributed by atoms with E-state index in [0.29, 0.717) is 59.3 Å². The highest BCUT2D eigenvalue weighted by atomic mass is 16.6. The molecule has 0 bridgehead atoms. The average molecular weight is 356 g/mol. The van der Waals surface area contributed by atoms with Gasteiger partial charge < -0.3 is 30.0 Å². The Bertz CT molecular complexity index is 388. The third-order valence-corrected chi connectivity index (χ3v) is 3.47. The molecule has 7 heteroatoms. The van der Waals surface area contributed by atoms with Crippen LogP contribution in [0.1, 0.15) is 19.3 Å². The van der Waals surface area contributed by atoms with E-state index in [0.717, 1.165) is 19.3 Å². The Hall–Kier alpha value is -1.41. The van der Waals surface area contributed by atoms with Gasteiger partial charge in [-0.05, 0) is 25.8 Å². The number of hydrogen-bond acceptors (Lipinski definition) is 6. The number of amides is 1. The Morgan fingerprint density at radius 1 is 1.00 bits per heavy atom. The second-order valence-electron chi connectivity index (χ2n) is 5.67. The van der Waals surface area contributed by atoms with Crippen LogP contribution in [0.5, 0.6) is 0 Å². The van der Waals surface area contributed by atoms with Crippen molar-refractivity contribution in [3.05, 3.63) is 24.3 Å². The Morgan fingerprint density at radius 2 is 1.68 bits per heavy atom. The standard InChI is InChI=1S/C18H32N2O5/c19-8-4-10-22-12-14-24-15-13-23-11-5-9-20-18(21)25-16-17-6-2-1-3-7-17/h1-3,6,17H,4-5,7-16,19H2,(H,20,21). The molecule has 0 aromatic heterocycles. The van der Waals surface area contributed by atoms with Crippen LogP contribution in [-0.4, -0.2) is 65.4 Å². The fourth-order valence-corrected chi connectivity index (χ4v) is 2.08. The van der Waals surface area contributed by atoms with Gasteiger partial charge in [0.2, 0.25) is 0 Å². The molecule has 0 fully saturated rings. The van der Waals surface area contributed by atoms with Crippen molar-refractivity contribution in [2.45, 2.75) is 19.3 Å². The first-order valence-electron chi connectivity index (χ1n) is 9.00. The molecule has 0 heterocycles. The highest BCUT2D eigenvalue weighted by molar-refractivity contribution is 5.67. The van der Waals surface area contributed by atoms with Gasteiger partial charge in [-0.2, -0.15) is 0 Å². The molecule has 0 saturated heterocycles. The molecule has 3 N–H and O–H groups in total. The molecule has 7 nitrogen and oxygen atoms in total. The minimum absolute atomic E-state index is 0.283. The lowest BCUT2D eigenvalue weighted by Crippen LogP contribution is -2.28. The van der Waals surface area contributed by atoms with E-state index in [1.165, 1.54) is 0 Å². The Morgan fingerprint density at radius 3 is 2.32 bits per heavy atom.